The minimum absolute atomic E-state index is 0.0691. The molecule has 1 aliphatic heterocycles. The molecule has 3 aromatic rings. The van der Waals surface area contributed by atoms with E-state index in [1.165, 1.54) is 16.8 Å². The molecule has 156 valence electrons. The van der Waals surface area contributed by atoms with Gasteiger partial charge in [0, 0.05) is 18.7 Å². The molecule has 0 unspecified atom stereocenters. The highest BCUT2D eigenvalue weighted by atomic mass is 19.4. The number of hydrogen-bond acceptors (Lipinski definition) is 4. The number of carbonyl (C=O) groups is 1. The number of rotatable bonds is 3. The highest BCUT2D eigenvalue weighted by Gasteiger charge is 2.31. The van der Waals surface area contributed by atoms with Gasteiger partial charge in [-0.05, 0) is 25.1 Å². The van der Waals surface area contributed by atoms with E-state index in [1.807, 2.05) is 13.0 Å². The van der Waals surface area contributed by atoms with Crippen molar-refractivity contribution in [2.45, 2.75) is 19.2 Å². The summed E-state index contributed by atoms with van der Waals surface area (Å²) in [6.07, 6.45) is -4.60. The van der Waals surface area contributed by atoms with Gasteiger partial charge in [-0.2, -0.15) is 13.2 Å². The average Bonchev–Trinajstić information content (AvgIpc) is 3.19. The second-order valence-corrected chi connectivity index (χ2v) is 7.02. The molecule has 1 atom stereocenters. The average molecular weight is 416 g/mol. The van der Waals surface area contributed by atoms with E-state index in [0.717, 1.165) is 12.1 Å². The fourth-order valence-electron chi connectivity index (χ4n) is 3.32. The summed E-state index contributed by atoms with van der Waals surface area (Å²) in [7, 11) is 0. The smallest absolute Gasteiger partial charge is 0.375 e. The summed E-state index contributed by atoms with van der Waals surface area (Å²) >= 11 is 0. The second kappa shape index (κ2) is 7.91. The number of alkyl halides is 3. The standard InChI is InChI=1S/C21H19F3N4O2/c1-14-13-27(10-11-30-14)20(29)18-25-19(15-6-3-2-4-7-15)28(26-18)17-9-5-8-16(12-17)21(22,23)24/h2-9,12,14H,10-11,13H2,1H3/t14-/m1/s1. The summed E-state index contributed by atoms with van der Waals surface area (Å²) in [5, 5.41) is 4.29. The third-order valence-electron chi connectivity index (χ3n) is 4.78. The summed E-state index contributed by atoms with van der Waals surface area (Å²) in [4.78, 5) is 18.9. The molecule has 0 bridgehead atoms. The molecular formula is C21H19F3N4O2. The van der Waals surface area contributed by atoms with Gasteiger partial charge in [-0.25, -0.2) is 9.67 Å². The molecule has 0 aliphatic carbocycles. The van der Waals surface area contributed by atoms with Gasteiger partial charge in [0.15, 0.2) is 5.82 Å². The van der Waals surface area contributed by atoms with Crippen molar-refractivity contribution >= 4 is 5.91 Å². The maximum atomic E-state index is 13.2. The number of halogens is 3. The number of hydrogen-bond donors (Lipinski definition) is 0. The molecule has 0 saturated carbocycles. The first kappa shape index (κ1) is 20.1. The van der Waals surface area contributed by atoms with Crippen molar-refractivity contribution in [2.24, 2.45) is 0 Å². The molecule has 30 heavy (non-hydrogen) atoms. The van der Waals surface area contributed by atoms with Crippen LogP contribution in [0.1, 0.15) is 23.1 Å². The highest BCUT2D eigenvalue weighted by molar-refractivity contribution is 5.91. The summed E-state index contributed by atoms with van der Waals surface area (Å²) in [6, 6.07) is 13.7. The van der Waals surface area contributed by atoms with Gasteiger partial charge in [0.1, 0.15) is 0 Å². The second-order valence-electron chi connectivity index (χ2n) is 7.02. The Morgan fingerprint density at radius 3 is 2.60 bits per heavy atom. The van der Waals surface area contributed by atoms with Gasteiger partial charge in [-0.3, -0.25) is 4.79 Å². The maximum absolute atomic E-state index is 13.2. The Bertz CT molecular complexity index is 1050. The summed E-state index contributed by atoms with van der Waals surface area (Å²) in [5.74, 6) is -0.159. The Balaban J connectivity index is 1.79. The molecule has 1 amide bonds. The zero-order valence-electron chi connectivity index (χ0n) is 16.1. The van der Waals surface area contributed by atoms with Crippen molar-refractivity contribution in [1.29, 1.82) is 0 Å². The number of amides is 1. The van der Waals surface area contributed by atoms with E-state index in [0.29, 0.717) is 31.1 Å². The number of morpholine rings is 1. The van der Waals surface area contributed by atoms with Crippen LogP contribution in [-0.2, 0) is 10.9 Å². The van der Waals surface area contributed by atoms with Crippen LogP contribution in [0.25, 0.3) is 17.1 Å². The van der Waals surface area contributed by atoms with Crippen LogP contribution < -0.4 is 0 Å². The van der Waals surface area contributed by atoms with E-state index in [1.54, 1.807) is 29.2 Å². The molecule has 2 aromatic carbocycles. The zero-order chi connectivity index (χ0) is 21.3. The summed E-state index contributed by atoms with van der Waals surface area (Å²) in [5.41, 5.74) is 0.00627. The summed E-state index contributed by atoms with van der Waals surface area (Å²) < 4.78 is 46.3. The van der Waals surface area contributed by atoms with E-state index in [2.05, 4.69) is 10.1 Å². The third-order valence-corrected chi connectivity index (χ3v) is 4.78. The summed E-state index contributed by atoms with van der Waals surface area (Å²) in [6.45, 7) is 3.08. The van der Waals surface area contributed by atoms with E-state index >= 15 is 0 Å². The van der Waals surface area contributed by atoms with E-state index in [4.69, 9.17) is 4.74 Å². The number of nitrogens with zero attached hydrogens (tertiary/aromatic N) is 4. The van der Waals surface area contributed by atoms with Gasteiger partial charge in [-0.1, -0.05) is 36.4 Å². The molecule has 0 spiro atoms. The molecule has 6 nitrogen and oxygen atoms in total. The van der Waals surface area contributed by atoms with Gasteiger partial charge >= 0.3 is 6.18 Å². The molecular weight excluding hydrogens is 397 g/mol. The highest BCUT2D eigenvalue weighted by Crippen LogP contribution is 2.31. The van der Waals surface area contributed by atoms with Gasteiger partial charge in [0.05, 0.1) is 24.0 Å². The van der Waals surface area contributed by atoms with Crippen LogP contribution in [0.5, 0.6) is 0 Å². The maximum Gasteiger partial charge on any atom is 0.416 e. The van der Waals surface area contributed by atoms with Gasteiger partial charge in [0.2, 0.25) is 5.82 Å². The van der Waals surface area contributed by atoms with Crippen LogP contribution in [0, 0.1) is 0 Å². The largest absolute Gasteiger partial charge is 0.416 e. The zero-order valence-corrected chi connectivity index (χ0v) is 16.1. The minimum atomic E-state index is -4.49. The molecule has 0 radical (unpaired) electrons. The number of ether oxygens (including phenoxy) is 1. The first-order chi connectivity index (χ1) is 14.3. The molecule has 1 fully saturated rings. The lowest BCUT2D eigenvalue weighted by Gasteiger charge is -2.30. The van der Waals surface area contributed by atoms with Crippen molar-refractivity contribution in [3.63, 3.8) is 0 Å². The fraction of sp³-hybridized carbons (Fsp3) is 0.286. The normalized spacial score (nSPS) is 17.2. The van der Waals surface area contributed by atoms with E-state index in [-0.39, 0.29) is 23.5 Å². The molecule has 1 saturated heterocycles. The SMILES string of the molecule is C[C@@H]1CN(C(=O)c2nc(-c3ccccc3)n(-c3cccc(C(F)(F)F)c3)n2)CCO1. The number of benzene rings is 2. The van der Waals surface area contributed by atoms with Gasteiger partial charge < -0.3 is 9.64 Å². The Morgan fingerprint density at radius 1 is 1.13 bits per heavy atom. The Morgan fingerprint density at radius 2 is 1.90 bits per heavy atom. The van der Waals surface area contributed by atoms with E-state index < -0.39 is 11.7 Å². The lowest BCUT2D eigenvalue weighted by Crippen LogP contribution is -2.44. The van der Waals surface area contributed by atoms with Gasteiger partial charge in [-0.15, -0.1) is 5.10 Å². The lowest BCUT2D eigenvalue weighted by molar-refractivity contribution is -0.137. The van der Waals surface area contributed by atoms with Crippen molar-refractivity contribution in [1.82, 2.24) is 19.7 Å². The topological polar surface area (TPSA) is 60.2 Å². The molecule has 2 heterocycles. The monoisotopic (exact) mass is 416 g/mol. The Labute approximate surface area is 170 Å². The lowest BCUT2D eigenvalue weighted by atomic mass is 10.2. The van der Waals surface area contributed by atoms with Crippen molar-refractivity contribution < 1.29 is 22.7 Å². The van der Waals surface area contributed by atoms with Crippen molar-refractivity contribution in [3.05, 3.63) is 66.0 Å². The van der Waals surface area contributed by atoms with Crippen molar-refractivity contribution in [2.75, 3.05) is 19.7 Å². The van der Waals surface area contributed by atoms with Crippen molar-refractivity contribution in [3.8, 4) is 17.1 Å². The fourth-order valence-corrected chi connectivity index (χ4v) is 3.32. The van der Waals surface area contributed by atoms with E-state index in [9.17, 15) is 18.0 Å². The van der Waals surface area contributed by atoms with Gasteiger partial charge in [0.25, 0.3) is 5.91 Å². The number of aromatic nitrogens is 3. The Kier molecular flexibility index (Phi) is 5.29. The molecule has 0 N–H and O–H groups in total. The molecule has 9 heteroatoms. The number of carbonyl (C=O) groups excluding carboxylic acids is 1. The Hall–Kier alpha value is -3.20. The predicted molar refractivity (Wildman–Crippen MR) is 103 cm³/mol. The van der Waals surface area contributed by atoms with Crippen LogP contribution >= 0.6 is 0 Å². The first-order valence-electron chi connectivity index (χ1n) is 9.44. The predicted octanol–water partition coefficient (Wildman–Crippen LogP) is 3.81. The third kappa shape index (κ3) is 4.06. The van der Waals surface area contributed by atoms with Crippen LogP contribution in [0.15, 0.2) is 54.6 Å². The molecule has 1 aromatic heterocycles. The quantitative estimate of drug-likeness (QED) is 0.652. The van der Waals surface area contributed by atoms with Crippen LogP contribution in [0.4, 0.5) is 13.2 Å². The van der Waals surface area contributed by atoms with Crippen LogP contribution in [0.3, 0.4) is 0 Å². The molecule has 1 aliphatic rings. The first-order valence-corrected chi connectivity index (χ1v) is 9.44. The molecule has 4 rings (SSSR count). The van der Waals surface area contributed by atoms with Crippen LogP contribution in [-0.4, -0.2) is 51.4 Å². The van der Waals surface area contributed by atoms with Crippen LogP contribution in [0.2, 0.25) is 0 Å². The minimum Gasteiger partial charge on any atom is -0.375 e.